The molecule has 1 aromatic carbocycles. The number of hydrogen-bond acceptors (Lipinski definition) is 2. The fourth-order valence-corrected chi connectivity index (χ4v) is 2.16. The van der Waals surface area contributed by atoms with Crippen LogP contribution in [-0.2, 0) is 13.0 Å². The molecule has 0 spiro atoms. The molecule has 0 atom stereocenters. The molecule has 1 heterocycles. The number of aliphatic hydroxyl groups is 1. The van der Waals surface area contributed by atoms with Crippen molar-refractivity contribution in [2.75, 3.05) is 7.11 Å². The van der Waals surface area contributed by atoms with Crippen LogP contribution in [0.1, 0.15) is 24.6 Å². The average molecular weight is 245 g/mol. The van der Waals surface area contributed by atoms with E-state index in [0.717, 1.165) is 30.0 Å². The Hall–Kier alpha value is -1.74. The molecule has 2 aromatic rings. The van der Waals surface area contributed by atoms with E-state index >= 15 is 0 Å². The summed E-state index contributed by atoms with van der Waals surface area (Å²) < 4.78 is 7.18. The standard InChI is InChI=1S/C15H19NO2/c1-3-4-12-9-10-16(15(12)11-17)13-5-7-14(18-2)8-6-13/h5-10,17H,3-4,11H2,1-2H3. The summed E-state index contributed by atoms with van der Waals surface area (Å²) in [6.07, 6.45) is 4.09. The van der Waals surface area contributed by atoms with E-state index in [1.165, 1.54) is 5.56 Å². The summed E-state index contributed by atoms with van der Waals surface area (Å²) in [7, 11) is 1.66. The van der Waals surface area contributed by atoms with Crippen molar-refractivity contribution in [3.63, 3.8) is 0 Å². The van der Waals surface area contributed by atoms with E-state index in [1.54, 1.807) is 7.11 Å². The van der Waals surface area contributed by atoms with Crippen molar-refractivity contribution in [2.45, 2.75) is 26.4 Å². The summed E-state index contributed by atoms with van der Waals surface area (Å²) >= 11 is 0. The van der Waals surface area contributed by atoms with Crippen molar-refractivity contribution in [1.82, 2.24) is 4.57 Å². The molecule has 1 N–H and O–H groups in total. The second-order valence-corrected chi connectivity index (χ2v) is 4.26. The van der Waals surface area contributed by atoms with E-state index in [2.05, 4.69) is 13.0 Å². The third-order valence-electron chi connectivity index (χ3n) is 3.11. The third-order valence-corrected chi connectivity index (χ3v) is 3.11. The van der Waals surface area contributed by atoms with E-state index < -0.39 is 0 Å². The first-order chi connectivity index (χ1) is 8.80. The van der Waals surface area contributed by atoms with Gasteiger partial charge in [-0.05, 0) is 42.3 Å². The number of hydrogen-bond donors (Lipinski definition) is 1. The summed E-state index contributed by atoms with van der Waals surface area (Å²) in [5.41, 5.74) is 3.24. The van der Waals surface area contributed by atoms with Gasteiger partial charge >= 0.3 is 0 Å². The molecular formula is C15H19NO2. The summed E-state index contributed by atoms with van der Waals surface area (Å²) in [6.45, 7) is 2.21. The van der Waals surface area contributed by atoms with E-state index in [-0.39, 0.29) is 6.61 Å². The van der Waals surface area contributed by atoms with E-state index in [4.69, 9.17) is 4.74 Å². The van der Waals surface area contributed by atoms with Gasteiger partial charge in [0.25, 0.3) is 0 Å². The lowest BCUT2D eigenvalue weighted by molar-refractivity contribution is 0.273. The summed E-state index contributed by atoms with van der Waals surface area (Å²) in [4.78, 5) is 0. The maximum absolute atomic E-state index is 9.53. The molecule has 0 unspecified atom stereocenters. The van der Waals surface area contributed by atoms with Crippen LogP contribution in [0.2, 0.25) is 0 Å². The van der Waals surface area contributed by atoms with Crippen molar-refractivity contribution in [3.05, 3.63) is 47.8 Å². The molecule has 0 aliphatic carbocycles. The zero-order valence-corrected chi connectivity index (χ0v) is 10.9. The number of aliphatic hydroxyl groups excluding tert-OH is 1. The van der Waals surface area contributed by atoms with Gasteiger partial charge in [0, 0.05) is 11.9 Å². The van der Waals surface area contributed by atoms with Gasteiger partial charge in [-0.2, -0.15) is 0 Å². The Labute approximate surface area is 108 Å². The van der Waals surface area contributed by atoms with Crippen molar-refractivity contribution in [2.24, 2.45) is 0 Å². The Bertz CT molecular complexity index is 500. The van der Waals surface area contributed by atoms with Gasteiger partial charge in [0.2, 0.25) is 0 Å². The molecule has 96 valence electrons. The van der Waals surface area contributed by atoms with Gasteiger partial charge in [-0.3, -0.25) is 0 Å². The first kappa shape index (κ1) is 12.7. The molecule has 0 radical (unpaired) electrons. The lowest BCUT2D eigenvalue weighted by atomic mass is 10.1. The van der Waals surface area contributed by atoms with Crippen LogP contribution in [0.25, 0.3) is 5.69 Å². The molecular weight excluding hydrogens is 226 g/mol. The fraction of sp³-hybridized carbons (Fsp3) is 0.333. The quantitative estimate of drug-likeness (QED) is 0.878. The largest absolute Gasteiger partial charge is 0.497 e. The highest BCUT2D eigenvalue weighted by atomic mass is 16.5. The van der Waals surface area contributed by atoms with Crippen molar-refractivity contribution in [1.29, 1.82) is 0 Å². The van der Waals surface area contributed by atoms with Crippen molar-refractivity contribution in [3.8, 4) is 11.4 Å². The molecule has 3 heteroatoms. The fourth-order valence-electron chi connectivity index (χ4n) is 2.16. The molecule has 0 aliphatic rings. The molecule has 1 aromatic heterocycles. The highest BCUT2D eigenvalue weighted by molar-refractivity contribution is 5.41. The summed E-state index contributed by atoms with van der Waals surface area (Å²) in [5.74, 6) is 0.838. The van der Waals surface area contributed by atoms with Gasteiger partial charge in [0.15, 0.2) is 0 Å². The van der Waals surface area contributed by atoms with E-state index in [9.17, 15) is 5.11 Å². The van der Waals surface area contributed by atoms with Crippen LogP contribution in [0.3, 0.4) is 0 Å². The monoisotopic (exact) mass is 245 g/mol. The molecule has 2 rings (SSSR count). The van der Waals surface area contributed by atoms with Gasteiger partial charge in [0.1, 0.15) is 5.75 Å². The van der Waals surface area contributed by atoms with E-state index in [0.29, 0.717) is 0 Å². The normalized spacial score (nSPS) is 10.6. The number of nitrogens with zero attached hydrogens (tertiary/aromatic N) is 1. The number of rotatable bonds is 5. The Kier molecular flexibility index (Phi) is 4.05. The predicted octanol–water partition coefficient (Wildman–Crippen LogP) is 2.93. The maximum Gasteiger partial charge on any atom is 0.119 e. The van der Waals surface area contributed by atoms with Gasteiger partial charge in [0.05, 0.1) is 19.4 Å². The first-order valence-electron chi connectivity index (χ1n) is 6.24. The Morgan fingerprint density at radius 2 is 1.89 bits per heavy atom. The topological polar surface area (TPSA) is 34.4 Å². The SMILES string of the molecule is CCCc1ccn(-c2ccc(OC)cc2)c1CO. The number of aryl methyl sites for hydroxylation is 1. The van der Waals surface area contributed by atoms with Crippen LogP contribution < -0.4 is 4.74 Å². The minimum atomic E-state index is 0.0639. The second-order valence-electron chi connectivity index (χ2n) is 4.26. The molecule has 0 saturated carbocycles. The van der Waals surface area contributed by atoms with Crippen molar-refractivity contribution < 1.29 is 9.84 Å². The number of ether oxygens (including phenoxy) is 1. The molecule has 0 saturated heterocycles. The van der Waals surface area contributed by atoms with Gasteiger partial charge in [-0.1, -0.05) is 13.3 Å². The molecule has 0 bridgehead atoms. The van der Waals surface area contributed by atoms with E-state index in [1.807, 2.05) is 35.0 Å². The molecule has 0 aliphatic heterocycles. The minimum absolute atomic E-state index is 0.0639. The lowest BCUT2D eigenvalue weighted by Crippen LogP contribution is -2.01. The van der Waals surface area contributed by atoms with Crippen LogP contribution in [0.15, 0.2) is 36.5 Å². The number of methoxy groups -OCH3 is 1. The van der Waals surface area contributed by atoms with Crippen LogP contribution >= 0.6 is 0 Å². The predicted molar refractivity (Wildman–Crippen MR) is 72.2 cm³/mol. The number of aromatic nitrogens is 1. The van der Waals surface area contributed by atoms with Crippen LogP contribution in [-0.4, -0.2) is 16.8 Å². The van der Waals surface area contributed by atoms with Crippen LogP contribution in [0.4, 0.5) is 0 Å². The Morgan fingerprint density at radius 1 is 1.17 bits per heavy atom. The minimum Gasteiger partial charge on any atom is -0.497 e. The summed E-state index contributed by atoms with van der Waals surface area (Å²) in [6, 6.07) is 9.92. The van der Waals surface area contributed by atoms with Gasteiger partial charge < -0.3 is 14.4 Å². The van der Waals surface area contributed by atoms with Crippen LogP contribution in [0.5, 0.6) is 5.75 Å². The molecule has 0 fully saturated rings. The first-order valence-corrected chi connectivity index (χ1v) is 6.24. The molecule has 18 heavy (non-hydrogen) atoms. The smallest absolute Gasteiger partial charge is 0.119 e. The summed E-state index contributed by atoms with van der Waals surface area (Å²) in [5, 5.41) is 9.53. The third kappa shape index (κ3) is 2.41. The number of benzene rings is 1. The zero-order chi connectivity index (χ0) is 13.0. The van der Waals surface area contributed by atoms with Gasteiger partial charge in [-0.15, -0.1) is 0 Å². The van der Waals surface area contributed by atoms with Crippen LogP contribution in [0, 0.1) is 0 Å². The zero-order valence-electron chi connectivity index (χ0n) is 10.9. The highest BCUT2D eigenvalue weighted by Crippen LogP contribution is 2.21. The van der Waals surface area contributed by atoms with Gasteiger partial charge in [-0.25, -0.2) is 0 Å². The average Bonchev–Trinajstić information content (AvgIpc) is 2.82. The Balaban J connectivity index is 2.36. The lowest BCUT2D eigenvalue weighted by Gasteiger charge is -2.10. The van der Waals surface area contributed by atoms with Crippen molar-refractivity contribution >= 4 is 0 Å². The Morgan fingerprint density at radius 3 is 2.44 bits per heavy atom. The maximum atomic E-state index is 9.53. The highest BCUT2D eigenvalue weighted by Gasteiger charge is 2.08. The second kappa shape index (κ2) is 5.74. The molecule has 3 nitrogen and oxygen atoms in total. The molecule has 0 amide bonds.